The van der Waals surface area contributed by atoms with Crippen molar-refractivity contribution >= 4 is 28.4 Å². The van der Waals surface area contributed by atoms with E-state index in [1.807, 2.05) is 32.9 Å². The number of nitrogens with one attached hydrogen (secondary N) is 1. The number of aromatic nitrogens is 2. The van der Waals surface area contributed by atoms with E-state index >= 15 is 0 Å². The van der Waals surface area contributed by atoms with Gasteiger partial charge in [0, 0.05) is 12.1 Å². The maximum atomic E-state index is 9.89. The predicted octanol–water partition coefficient (Wildman–Crippen LogP) is 4.20. The summed E-state index contributed by atoms with van der Waals surface area (Å²) in [6, 6.07) is 3.85. The number of benzene rings is 1. The fourth-order valence-electron chi connectivity index (χ4n) is 2.13. The number of aromatic hydroxyl groups is 1. The van der Waals surface area contributed by atoms with Gasteiger partial charge in [-0.3, -0.25) is 0 Å². The number of phenolic OH excluding ortho intramolecular Hbond substituents is 1. The SMILES string of the molecule is CCCNc1nc(-c2cc(C)c(O)c(C)c2)nc(C)c1I. The van der Waals surface area contributed by atoms with Gasteiger partial charge in [-0.25, -0.2) is 9.97 Å². The molecule has 2 N–H and O–H groups in total. The molecule has 0 spiro atoms. The third kappa shape index (κ3) is 3.45. The van der Waals surface area contributed by atoms with Crippen LogP contribution in [0.15, 0.2) is 12.1 Å². The fraction of sp³-hybridized carbons (Fsp3) is 0.375. The van der Waals surface area contributed by atoms with Gasteiger partial charge in [-0.1, -0.05) is 6.92 Å². The quantitative estimate of drug-likeness (QED) is 0.760. The molecule has 1 aromatic heterocycles. The molecule has 0 radical (unpaired) electrons. The summed E-state index contributed by atoms with van der Waals surface area (Å²) in [5, 5.41) is 13.2. The van der Waals surface area contributed by atoms with E-state index < -0.39 is 0 Å². The molecule has 0 saturated carbocycles. The van der Waals surface area contributed by atoms with E-state index in [1.165, 1.54) is 0 Å². The molecule has 0 aliphatic heterocycles. The van der Waals surface area contributed by atoms with Crippen molar-refractivity contribution in [2.75, 3.05) is 11.9 Å². The van der Waals surface area contributed by atoms with Gasteiger partial charge in [0.05, 0.1) is 9.26 Å². The highest BCUT2D eigenvalue weighted by atomic mass is 127. The van der Waals surface area contributed by atoms with Crippen molar-refractivity contribution in [2.45, 2.75) is 34.1 Å². The monoisotopic (exact) mass is 397 g/mol. The highest BCUT2D eigenvalue weighted by Gasteiger charge is 2.12. The molecular weight excluding hydrogens is 377 g/mol. The zero-order valence-corrected chi connectivity index (χ0v) is 14.9. The predicted molar refractivity (Wildman–Crippen MR) is 94.8 cm³/mol. The maximum Gasteiger partial charge on any atom is 0.161 e. The normalized spacial score (nSPS) is 10.7. The fourth-order valence-corrected chi connectivity index (χ4v) is 2.57. The van der Waals surface area contributed by atoms with E-state index in [4.69, 9.17) is 0 Å². The van der Waals surface area contributed by atoms with E-state index in [2.05, 4.69) is 44.8 Å². The van der Waals surface area contributed by atoms with Gasteiger partial charge in [0.1, 0.15) is 11.6 Å². The van der Waals surface area contributed by atoms with Crippen LogP contribution < -0.4 is 5.32 Å². The van der Waals surface area contributed by atoms with Crippen molar-refractivity contribution in [3.63, 3.8) is 0 Å². The lowest BCUT2D eigenvalue weighted by Gasteiger charge is -2.12. The molecule has 4 nitrogen and oxygen atoms in total. The molecule has 5 heteroatoms. The molecule has 1 heterocycles. The Morgan fingerprint density at radius 3 is 2.33 bits per heavy atom. The van der Waals surface area contributed by atoms with Gasteiger partial charge in [-0.15, -0.1) is 0 Å². The summed E-state index contributed by atoms with van der Waals surface area (Å²) in [6.07, 6.45) is 1.05. The van der Waals surface area contributed by atoms with Crippen LogP contribution in [-0.4, -0.2) is 21.6 Å². The maximum absolute atomic E-state index is 9.89. The van der Waals surface area contributed by atoms with Crippen LogP contribution in [0, 0.1) is 24.3 Å². The Bertz CT molecular complexity index is 648. The number of hydrogen-bond donors (Lipinski definition) is 2. The molecule has 112 valence electrons. The minimum atomic E-state index is 0.338. The molecule has 0 aliphatic carbocycles. The molecule has 0 aliphatic rings. The van der Waals surface area contributed by atoms with Crippen LogP contribution in [0.2, 0.25) is 0 Å². The second-order valence-corrected chi connectivity index (χ2v) is 6.26. The number of phenols is 1. The summed E-state index contributed by atoms with van der Waals surface area (Å²) in [4.78, 5) is 9.22. The molecule has 21 heavy (non-hydrogen) atoms. The third-order valence-electron chi connectivity index (χ3n) is 3.31. The van der Waals surface area contributed by atoms with Gasteiger partial charge < -0.3 is 10.4 Å². The minimum Gasteiger partial charge on any atom is -0.507 e. The van der Waals surface area contributed by atoms with Crippen molar-refractivity contribution in [3.8, 4) is 17.1 Å². The second kappa shape index (κ2) is 6.60. The number of hydrogen-bond acceptors (Lipinski definition) is 4. The molecule has 0 saturated heterocycles. The molecule has 0 atom stereocenters. The van der Waals surface area contributed by atoms with Gasteiger partial charge in [0.25, 0.3) is 0 Å². The lowest BCUT2D eigenvalue weighted by atomic mass is 10.1. The first-order valence-electron chi connectivity index (χ1n) is 7.02. The van der Waals surface area contributed by atoms with Gasteiger partial charge in [0.2, 0.25) is 0 Å². The Labute approximate surface area is 139 Å². The zero-order valence-electron chi connectivity index (χ0n) is 12.8. The number of anilines is 1. The number of halogens is 1. The largest absolute Gasteiger partial charge is 0.507 e. The van der Waals surface area contributed by atoms with Crippen LogP contribution in [-0.2, 0) is 0 Å². The van der Waals surface area contributed by atoms with Crippen molar-refractivity contribution in [2.24, 2.45) is 0 Å². The van der Waals surface area contributed by atoms with Crippen LogP contribution in [0.1, 0.15) is 30.2 Å². The van der Waals surface area contributed by atoms with Gasteiger partial charge in [-0.2, -0.15) is 0 Å². The summed E-state index contributed by atoms with van der Waals surface area (Å²) in [5.41, 5.74) is 3.57. The smallest absolute Gasteiger partial charge is 0.161 e. The van der Waals surface area contributed by atoms with Crippen LogP contribution in [0.4, 0.5) is 5.82 Å². The van der Waals surface area contributed by atoms with E-state index in [0.29, 0.717) is 11.6 Å². The number of rotatable bonds is 4. The lowest BCUT2D eigenvalue weighted by molar-refractivity contribution is 0.467. The molecule has 1 aromatic carbocycles. The molecular formula is C16H20IN3O. The van der Waals surface area contributed by atoms with E-state index in [-0.39, 0.29) is 0 Å². The topological polar surface area (TPSA) is 58.0 Å². The standard InChI is InChI=1S/C16H20IN3O/c1-5-6-18-16-13(17)11(4)19-15(20-16)12-7-9(2)14(21)10(3)8-12/h7-8,21H,5-6H2,1-4H3,(H,18,19,20). The molecule has 0 bridgehead atoms. The number of aryl methyl sites for hydroxylation is 3. The van der Waals surface area contributed by atoms with E-state index in [9.17, 15) is 5.11 Å². The molecule has 0 unspecified atom stereocenters. The van der Waals surface area contributed by atoms with Crippen LogP contribution in [0.5, 0.6) is 5.75 Å². The zero-order chi connectivity index (χ0) is 15.6. The summed E-state index contributed by atoms with van der Waals surface area (Å²) in [7, 11) is 0. The Kier molecular flexibility index (Phi) is 5.03. The van der Waals surface area contributed by atoms with Gasteiger partial charge >= 0.3 is 0 Å². The van der Waals surface area contributed by atoms with Gasteiger partial charge in [-0.05, 0) is 73.0 Å². The summed E-state index contributed by atoms with van der Waals surface area (Å²) >= 11 is 2.27. The van der Waals surface area contributed by atoms with Crippen molar-refractivity contribution in [1.82, 2.24) is 9.97 Å². The first kappa shape index (κ1) is 16.0. The highest BCUT2D eigenvalue weighted by molar-refractivity contribution is 14.1. The summed E-state index contributed by atoms with van der Waals surface area (Å²) < 4.78 is 1.05. The summed E-state index contributed by atoms with van der Waals surface area (Å²) in [5.74, 6) is 1.91. The first-order chi connectivity index (χ1) is 9.93. The van der Waals surface area contributed by atoms with Crippen LogP contribution >= 0.6 is 22.6 Å². The Morgan fingerprint density at radius 2 is 1.76 bits per heavy atom. The third-order valence-corrected chi connectivity index (χ3v) is 4.60. The molecule has 2 aromatic rings. The van der Waals surface area contributed by atoms with E-state index in [1.54, 1.807) is 0 Å². The summed E-state index contributed by atoms with van der Waals surface area (Å²) in [6.45, 7) is 8.79. The second-order valence-electron chi connectivity index (χ2n) is 5.18. The van der Waals surface area contributed by atoms with Crippen molar-refractivity contribution < 1.29 is 5.11 Å². The van der Waals surface area contributed by atoms with Gasteiger partial charge in [0.15, 0.2) is 5.82 Å². The number of nitrogens with zero attached hydrogens (tertiary/aromatic N) is 2. The molecule has 0 amide bonds. The average Bonchev–Trinajstić information content (AvgIpc) is 2.45. The first-order valence-corrected chi connectivity index (χ1v) is 8.10. The average molecular weight is 397 g/mol. The Hall–Kier alpha value is -1.37. The Morgan fingerprint density at radius 1 is 1.14 bits per heavy atom. The van der Waals surface area contributed by atoms with Crippen LogP contribution in [0.25, 0.3) is 11.4 Å². The highest BCUT2D eigenvalue weighted by Crippen LogP contribution is 2.29. The lowest BCUT2D eigenvalue weighted by Crippen LogP contribution is -2.07. The Balaban J connectivity index is 2.51. The van der Waals surface area contributed by atoms with Crippen LogP contribution in [0.3, 0.4) is 0 Å². The van der Waals surface area contributed by atoms with Crippen molar-refractivity contribution in [3.05, 3.63) is 32.5 Å². The molecule has 2 rings (SSSR count). The van der Waals surface area contributed by atoms with Crippen molar-refractivity contribution in [1.29, 1.82) is 0 Å². The van der Waals surface area contributed by atoms with E-state index in [0.717, 1.165) is 44.7 Å². The molecule has 0 fully saturated rings. The minimum absolute atomic E-state index is 0.338.